The van der Waals surface area contributed by atoms with Gasteiger partial charge in [-0.2, -0.15) is 13.2 Å². The molecule has 27 heavy (non-hydrogen) atoms. The number of halogens is 3. The number of carbonyl (C=O) groups excluding carboxylic acids is 1. The monoisotopic (exact) mass is 393 g/mol. The summed E-state index contributed by atoms with van der Waals surface area (Å²) in [4.78, 5) is 19.0. The van der Waals surface area contributed by atoms with Gasteiger partial charge in [-0.1, -0.05) is 13.3 Å². The number of likely N-dealkylation sites (tertiary alicyclic amines) is 1. The number of piperidine rings is 1. The van der Waals surface area contributed by atoms with Crippen molar-refractivity contribution < 1.29 is 18.0 Å². The summed E-state index contributed by atoms with van der Waals surface area (Å²) in [5, 5.41) is 6.46. The number of unbranched alkanes of at least 4 members (excludes halogenated alkanes) is 1. The van der Waals surface area contributed by atoms with Gasteiger partial charge >= 0.3 is 6.18 Å². The number of hydrogen-bond acceptors (Lipinski definition) is 3. The molecule has 1 aliphatic rings. The number of aliphatic imine (C=N–C) groups is 1. The maximum absolute atomic E-state index is 12.4. The highest BCUT2D eigenvalue weighted by Gasteiger charge is 2.32. The summed E-state index contributed by atoms with van der Waals surface area (Å²) in [5.74, 6) is 0.971. The molecule has 0 aromatic rings. The van der Waals surface area contributed by atoms with Crippen molar-refractivity contribution in [3.05, 3.63) is 0 Å². The number of guanidine groups is 1. The maximum atomic E-state index is 12.4. The SMILES string of the molecule is CCCCNC(=NCC(=O)N(C)C)NCCC1CCN(CC(F)(F)F)CC1. The molecule has 1 amide bonds. The number of likely N-dealkylation sites (N-methyl/N-ethyl adjacent to an activating group) is 1. The van der Waals surface area contributed by atoms with Crippen molar-refractivity contribution in [1.29, 1.82) is 0 Å². The number of nitrogens with zero attached hydrogens (tertiary/aromatic N) is 3. The summed E-state index contributed by atoms with van der Waals surface area (Å²) in [7, 11) is 3.39. The van der Waals surface area contributed by atoms with Gasteiger partial charge in [-0.3, -0.25) is 9.69 Å². The first-order chi connectivity index (χ1) is 12.7. The average Bonchev–Trinajstić information content (AvgIpc) is 2.59. The third-order valence-electron chi connectivity index (χ3n) is 4.65. The minimum atomic E-state index is -4.12. The molecule has 0 spiro atoms. The van der Waals surface area contributed by atoms with Crippen molar-refractivity contribution in [2.45, 2.75) is 45.2 Å². The van der Waals surface area contributed by atoms with Crippen LogP contribution in [0.25, 0.3) is 0 Å². The summed E-state index contributed by atoms with van der Waals surface area (Å²) >= 11 is 0. The Balaban J connectivity index is 2.36. The Morgan fingerprint density at radius 2 is 1.81 bits per heavy atom. The second kappa shape index (κ2) is 12.0. The van der Waals surface area contributed by atoms with Crippen LogP contribution in [-0.4, -0.2) is 81.2 Å². The van der Waals surface area contributed by atoms with Gasteiger partial charge in [-0.25, -0.2) is 4.99 Å². The number of carbonyl (C=O) groups is 1. The van der Waals surface area contributed by atoms with E-state index in [1.54, 1.807) is 14.1 Å². The smallest absolute Gasteiger partial charge is 0.356 e. The maximum Gasteiger partial charge on any atom is 0.401 e. The van der Waals surface area contributed by atoms with E-state index in [0.717, 1.165) is 38.6 Å². The van der Waals surface area contributed by atoms with Crippen LogP contribution >= 0.6 is 0 Å². The molecule has 0 bridgehead atoms. The quantitative estimate of drug-likeness (QED) is 0.358. The van der Waals surface area contributed by atoms with E-state index in [9.17, 15) is 18.0 Å². The lowest BCUT2D eigenvalue weighted by Crippen LogP contribution is -2.42. The van der Waals surface area contributed by atoms with Crippen LogP contribution in [0.5, 0.6) is 0 Å². The van der Waals surface area contributed by atoms with E-state index in [0.29, 0.717) is 31.5 Å². The van der Waals surface area contributed by atoms with E-state index >= 15 is 0 Å². The summed E-state index contributed by atoms with van der Waals surface area (Å²) in [6.45, 7) is 3.85. The summed E-state index contributed by atoms with van der Waals surface area (Å²) in [5.41, 5.74) is 0. The molecule has 0 saturated carbocycles. The Bertz CT molecular complexity index is 460. The first kappa shape index (κ1) is 23.5. The fourth-order valence-electron chi connectivity index (χ4n) is 2.93. The molecule has 2 N–H and O–H groups in total. The van der Waals surface area contributed by atoms with Gasteiger partial charge in [-0.05, 0) is 44.7 Å². The molecule has 1 fully saturated rings. The first-order valence-corrected chi connectivity index (χ1v) is 9.72. The Hall–Kier alpha value is -1.51. The molecule has 1 saturated heterocycles. The second-order valence-corrected chi connectivity index (χ2v) is 7.28. The van der Waals surface area contributed by atoms with Crippen molar-refractivity contribution in [3.63, 3.8) is 0 Å². The van der Waals surface area contributed by atoms with Gasteiger partial charge in [0.2, 0.25) is 5.91 Å². The van der Waals surface area contributed by atoms with E-state index in [4.69, 9.17) is 0 Å². The van der Waals surface area contributed by atoms with Gasteiger partial charge in [0.1, 0.15) is 6.54 Å². The van der Waals surface area contributed by atoms with E-state index in [2.05, 4.69) is 22.5 Å². The third-order valence-corrected chi connectivity index (χ3v) is 4.65. The predicted octanol–water partition coefficient (Wildman–Crippen LogP) is 2.07. The van der Waals surface area contributed by atoms with Crippen molar-refractivity contribution in [1.82, 2.24) is 20.4 Å². The lowest BCUT2D eigenvalue weighted by molar-refractivity contribution is -0.148. The standard InChI is InChI=1S/C18H34F3N5O/c1-4-5-9-22-17(24-13-16(27)25(2)3)23-10-6-15-7-11-26(12-8-15)14-18(19,20)21/h15H,4-14H2,1-3H3,(H2,22,23,24). The van der Waals surface area contributed by atoms with E-state index in [1.165, 1.54) is 9.80 Å². The highest BCUT2D eigenvalue weighted by molar-refractivity contribution is 5.84. The molecule has 0 aliphatic carbocycles. The van der Waals surface area contributed by atoms with Crippen LogP contribution in [0.4, 0.5) is 13.2 Å². The molecule has 158 valence electrons. The zero-order valence-corrected chi connectivity index (χ0v) is 16.7. The molecule has 0 aromatic carbocycles. The van der Waals surface area contributed by atoms with Crippen LogP contribution < -0.4 is 10.6 Å². The van der Waals surface area contributed by atoms with Gasteiger partial charge < -0.3 is 15.5 Å². The molecule has 1 aliphatic heterocycles. The molecule has 1 rings (SSSR count). The van der Waals surface area contributed by atoms with Crippen LogP contribution in [0.3, 0.4) is 0 Å². The summed E-state index contributed by atoms with van der Waals surface area (Å²) < 4.78 is 37.3. The van der Waals surface area contributed by atoms with Gasteiger partial charge in [0.25, 0.3) is 0 Å². The molecule has 6 nitrogen and oxygen atoms in total. The normalized spacial score (nSPS) is 17.0. The van der Waals surface area contributed by atoms with Gasteiger partial charge in [0.05, 0.1) is 6.54 Å². The van der Waals surface area contributed by atoms with Crippen molar-refractivity contribution in [3.8, 4) is 0 Å². The fraction of sp³-hybridized carbons (Fsp3) is 0.889. The fourth-order valence-corrected chi connectivity index (χ4v) is 2.93. The Morgan fingerprint density at radius 1 is 1.19 bits per heavy atom. The number of nitrogens with one attached hydrogen (secondary N) is 2. The van der Waals surface area contributed by atoms with Gasteiger partial charge in [0.15, 0.2) is 5.96 Å². The molecular formula is C18H34F3N5O. The second-order valence-electron chi connectivity index (χ2n) is 7.28. The number of amides is 1. The molecule has 1 heterocycles. The minimum absolute atomic E-state index is 0.0661. The van der Waals surface area contributed by atoms with Crippen LogP contribution in [-0.2, 0) is 4.79 Å². The van der Waals surface area contributed by atoms with E-state index < -0.39 is 12.7 Å². The highest BCUT2D eigenvalue weighted by atomic mass is 19.4. The van der Waals surface area contributed by atoms with Crippen LogP contribution in [0, 0.1) is 5.92 Å². The number of hydrogen-bond donors (Lipinski definition) is 2. The van der Waals surface area contributed by atoms with Gasteiger partial charge in [0, 0.05) is 27.2 Å². The number of alkyl halides is 3. The Morgan fingerprint density at radius 3 is 2.37 bits per heavy atom. The molecule has 9 heteroatoms. The molecule has 0 unspecified atom stereocenters. The van der Waals surface area contributed by atoms with Crippen molar-refractivity contribution >= 4 is 11.9 Å². The molecule has 0 aromatic heterocycles. The van der Waals surface area contributed by atoms with E-state index in [1.807, 2.05) is 0 Å². The zero-order chi connectivity index (χ0) is 20.3. The van der Waals surface area contributed by atoms with Crippen molar-refractivity contribution in [2.75, 3.05) is 53.4 Å². The topological polar surface area (TPSA) is 60.0 Å². The van der Waals surface area contributed by atoms with Crippen LogP contribution in [0.2, 0.25) is 0 Å². The van der Waals surface area contributed by atoms with Crippen LogP contribution in [0.1, 0.15) is 39.0 Å². The lowest BCUT2D eigenvalue weighted by atomic mass is 9.93. The zero-order valence-electron chi connectivity index (χ0n) is 16.7. The Labute approximate surface area is 160 Å². The van der Waals surface area contributed by atoms with Crippen LogP contribution in [0.15, 0.2) is 4.99 Å². The number of rotatable bonds is 9. The predicted molar refractivity (Wildman–Crippen MR) is 102 cm³/mol. The highest BCUT2D eigenvalue weighted by Crippen LogP contribution is 2.23. The molecular weight excluding hydrogens is 359 g/mol. The molecule has 0 atom stereocenters. The summed E-state index contributed by atoms with van der Waals surface area (Å²) in [6, 6.07) is 0. The van der Waals surface area contributed by atoms with E-state index in [-0.39, 0.29) is 12.5 Å². The van der Waals surface area contributed by atoms with Crippen molar-refractivity contribution in [2.24, 2.45) is 10.9 Å². The largest absolute Gasteiger partial charge is 0.401 e. The first-order valence-electron chi connectivity index (χ1n) is 9.72. The molecule has 0 radical (unpaired) electrons. The Kier molecular flexibility index (Phi) is 10.5. The van der Waals surface area contributed by atoms with Gasteiger partial charge in [-0.15, -0.1) is 0 Å². The third kappa shape index (κ3) is 11.0. The minimum Gasteiger partial charge on any atom is -0.356 e. The average molecular weight is 393 g/mol. The lowest BCUT2D eigenvalue weighted by Gasteiger charge is -2.32. The summed E-state index contributed by atoms with van der Waals surface area (Å²) in [6.07, 6.45) is 0.413.